The maximum absolute atomic E-state index is 5.42. The predicted octanol–water partition coefficient (Wildman–Crippen LogP) is 3.92. The number of aromatic amines is 1. The maximum atomic E-state index is 5.42. The van der Waals surface area contributed by atoms with Gasteiger partial charge in [-0.05, 0) is 42.9 Å². The molecular formula is C17H17N3O2S. The van der Waals surface area contributed by atoms with Crippen molar-refractivity contribution in [1.29, 1.82) is 0 Å². The molecule has 0 amide bonds. The molecule has 0 saturated carbocycles. The Hall–Kier alpha value is -2.60. The summed E-state index contributed by atoms with van der Waals surface area (Å²) in [7, 11) is 3.24. The van der Waals surface area contributed by atoms with Crippen LogP contribution in [0.25, 0.3) is 17.1 Å². The van der Waals surface area contributed by atoms with Crippen LogP contribution >= 0.6 is 12.2 Å². The molecule has 2 aromatic carbocycles. The molecule has 0 saturated heterocycles. The zero-order valence-electron chi connectivity index (χ0n) is 13.2. The Kier molecular flexibility index (Phi) is 4.16. The number of aryl methyl sites for hydroxylation is 1. The van der Waals surface area contributed by atoms with Crippen molar-refractivity contribution in [3.63, 3.8) is 0 Å². The van der Waals surface area contributed by atoms with Crippen molar-refractivity contribution in [3.8, 4) is 28.6 Å². The van der Waals surface area contributed by atoms with Crippen LogP contribution in [-0.2, 0) is 0 Å². The number of methoxy groups -OCH3 is 2. The Morgan fingerprint density at radius 1 is 1.04 bits per heavy atom. The first-order valence-electron chi connectivity index (χ1n) is 7.11. The van der Waals surface area contributed by atoms with Crippen molar-refractivity contribution in [2.45, 2.75) is 6.92 Å². The summed E-state index contributed by atoms with van der Waals surface area (Å²) in [6.07, 6.45) is 0. The molecule has 23 heavy (non-hydrogen) atoms. The second kappa shape index (κ2) is 6.26. The third-order valence-electron chi connectivity index (χ3n) is 3.64. The lowest BCUT2D eigenvalue weighted by molar-refractivity contribution is 0.394. The van der Waals surface area contributed by atoms with E-state index in [1.807, 2.05) is 54.0 Å². The monoisotopic (exact) mass is 327 g/mol. The zero-order valence-corrected chi connectivity index (χ0v) is 14.0. The van der Waals surface area contributed by atoms with Crippen LogP contribution in [0.15, 0.2) is 42.5 Å². The van der Waals surface area contributed by atoms with Gasteiger partial charge in [-0.1, -0.05) is 18.2 Å². The first-order valence-corrected chi connectivity index (χ1v) is 7.51. The second-order valence-electron chi connectivity index (χ2n) is 5.08. The fourth-order valence-corrected chi connectivity index (χ4v) is 2.70. The van der Waals surface area contributed by atoms with Gasteiger partial charge in [-0.25, -0.2) is 0 Å². The van der Waals surface area contributed by atoms with Crippen LogP contribution in [0.2, 0.25) is 0 Å². The molecular weight excluding hydrogens is 310 g/mol. The highest BCUT2D eigenvalue weighted by molar-refractivity contribution is 7.71. The van der Waals surface area contributed by atoms with Crippen LogP contribution in [0.1, 0.15) is 5.56 Å². The van der Waals surface area contributed by atoms with Crippen molar-refractivity contribution in [1.82, 2.24) is 14.8 Å². The number of hydrogen-bond donors (Lipinski definition) is 1. The van der Waals surface area contributed by atoms with E-state index in [9.17, 15) is 0 Å². The van der Waals surface area contributed by atoms with Gasteiger partial charge >= 0.3 is 0 Å². The minimum absolute atomic E-state index is 0.538. The van der Waals surface area contributed by atoms with Gasteiger partial charge < -0.3 is 9.47 Å². The number of aromatic nitrogens is 3. The number of nitrogens with one attached hydrogen (secondary N) is 1. The summed E-state index contributed by atoms with van der Waals surface area (Å²) >= 11 is 5.42. The van der Waals surface area contributed by atoms with Gasteiger partial charge in [0.2, 0.25) is 0 Å². The molecule has 1 aromatic heterocycles. The number of H-pyrrole nitrogens is 1. The van der Waals surface area contributed by atoms with Gasteiger partial charge in [0.1, 0.15) is 11.5 Å². The molecule has 0 fully saturated rings. The third-order valence-corrected chi connectivity index (χ3v) is 3.91. The first kappa shape index (κ1) is 15.3. The van der Waals surface area contributed by atoms with Crippen LogP contribution in [0.5, 0.6) is 11.5 Å². The number of ether oxygens (including phenoxy) is 2. The number of para-hydroxylation sites is 1. The van der Waals surface area contributed by atoms with E-state index < -0.39 is 0 Å². The van der Waals surface area contributed by atoms with Crippen molar-refractivity contribution in [3.05, 3.63) is 52.8 Å². The molecule has 0 spiro atoms. The Labute approximate surface area is 139 Å². The summed E-state index contributed by atoms with van der Waals surface area (Å²) in [6.45, 7) is 2.04. The molecule has 118 valence electrons. The van der Waals surface area contributed by atoms with Crippen molar-refractivity contribution < 1.29 is 9.47 Å². The zero-order chi connectivity index (χ0) is 16.4. The molecule has 0 bridgehead atoms. The highest BCUT2D eigenvalue weighted by Crippen LogP contribution is 2.30. The summed E-state index contributed by atoms with van der Waals surface area (Å²) in [6, 6.07) is 13.7. The highest BCUT2D eigenvalue weighted by Gasteiger charge is 2.14. The summed E-state index contributed by atoms with van der Waals surface area (Å²) in [5.41, 5.74) is 2.96. The summed E-state index contributed by atoms with van der Waals surface area (Å²) in [5, 5.41) is 7.26. The topological polar surface area (TPSA) is 52.1 Å². The van der Waals surface area contributed by atoms with E-state index in [4.69, 9.17) is 21.7 Å². The normalized spacial score (nSPS) is 10.6. The second-order valence-corrected chi connectivity index (χ2v) is 5.46. The molecule has 3 rings (SSSR count). The fourth-order valence-electron chi connectivity index (χ4n) is 2.46. The summed E-state index contributed by atoms with van der Waals surface area (Å²) < 4.78 is 13.1. The molecule has 3 aromatic rings. The van der Waals surface area contributed by atoms with Gasteiger partial charge in [-0.3, -0.25) is 9.67 Å². The first-order chi connectivity index (χ1) is 11.1. The van der Waals surface area contributed by atoms with E-state index in [0.29, 0.717) is 22.1 Å². The Balaban J connectivity index is 2.24. The van der Waals surface area contributed by atoms with Gasteiger partial charge in [0, 0.05) is 11.6 Å². The van der Waals surface area contributed by atoms with Crippen LogP contribution in [0.4, 0.5) is 0 Å². The Morgan fingerprint density at radius 3 is 2.30 bits per heavy atom. The molecule has 0 aliphatic rings. The number of benzene rings is 2. The van der Waals surface area contributed by atoms with Gasteiger partial charge in [0.05, 0.1) is 19.9 Å². The molecule has 0 radical (unpaired) electrons. The number of rotatable bonds is 4. The lowest BCUT2D eigenvalue weighted by Crippen LogP contribution is -2.00. The smallest absolute Gasteiger partial charge is 0.200 e. The third kappa shape index (κ3) is 2.85. The van der Waals surface area contributed by atoms with E-state index in [2.05, 4.69) is 10.2 Å². The molecule has 0 atom stereocenters. The average Bonchev–Trinajstić information content (AvgIpc) is 2.96. The molecule has 5 nitrogen and oxygen atoms in total. The van der Waals surface area contributed by atoms with E-state index in [1.165, 1.54) is 0 Å². The van der Waals surface area contributed by atoms with Crippen molar-refractivity contribution >= 4 is 12.2 Å². The quantitative estimate of drug-likeness (QED) is 0.738. The predicted molar refractivity (Wildman–Crippen MR) is 92.0 cm³/mol. The van der Waals surface area contributed by atoms with Gasteiger partial charge in [0.25, 0.3) is 0 Å². The summed E-state index contributed by atoms with van der Waals surface area (Å²) in [4.78, 5) is 0. The van der Waals surface area contributed by atoms with E-state index >= 15 is 0 Å². The summed E-state index contributed by atoms with van der Waals surface area (Å²) in [5.74, 6) is 2.11. The molecule has 0 aliphatic carbocycles. The van der Waals surface area contributed by atoms with Crippen LogP contribution < -0.4 is 9.47 Å². The SMILES string of the molecule is COc1cc(OC)cc(-c2n[nH]c(=S)n2-c2ccccc2C)c1. The average molecular weight is 327 g/mol. The van der Waals surface area contributed by atoms with E-state index in [0.717, 1.165) is 16.8 Å². The lowest BCUT2D eigenvalue weighted by atomic mass is 10.1. The minimum Gasteiger partial charge on any atom is -0.497 e. The molecule has 0 unspecified atom stereocenters. The van der Waals surface area contributed by atoms with Crippen molar-refractivity contribution in [2.75, 3.05) is 14.2 Å². The van der Waals surface area contributed by atoms with Gasteiger partial charge in [-0.15, -0.1) is 0 Å². The highest BCUT2D eigenvalue weighted by atomic mass is 32.1. The molecule has 1 heterocycles. The fraction of sp³-hybridized carbons (Fsp3) is 0.176. The number of hydrogen-bond acceptors (Lipinski definition) is 4. The van der Waals surface area contributed by atoms with Crippen LogP contribution in [0.3, 0.4) is 0 Å². The Morgan fingerprint density at radius 2 is 1.70 bits per heavy atom. The van der Waals surface area contributed by atoms with Crippen LogP contribution in [0, 0.1) is 11.7 Å². The molecule has 6 heteroatoms. The molecule has 0 aliphatic heterocycles. The maximum Gasteiger partial charge on any atom is 0.200 e. The number of nitrogens with zero attached hydrogens (tertiary/aromatic N) is 2. The molecule has 1 N–H and O–H groups in total. The van der Waals surface area contributed by atoms with E-state index in [1.54, 1.807) is 14.2 Å². The minimum atomic E-state index is 0.538. The van der Waals surface area contributed by atoms with Gasteiger partial charge in [-0.2, -0.15) is 5.10 Å². The Bertz CT molecular complexity index is 877. The standard InChI is InChI=1S/C17H17N3O2S/c1-11-6-4-5-7-15(11)20-16(18-19-17(20)23)12-8-13(21-2)10-14(9-12)22-3/h4-10H,1-3H3,(H,19,23). The van der Waals surface area contributed by atoms with Crippen LogP contribution in [-0.4, -0.2) is 29.0 Å². The lowest BCUT2D eigenvalue weighted by Gasteiger charge is -2.11. The largest absolute Gasteiger partial charge is 0.497 e. The van der Waals surface area contributed by atoms with E-state index in [-0.39, 0.29) is 0 Å². The van der Waals surface area contributed by atoms with Crippen molar-refractivity contribution in [2.24, 2.45) is 0 Å². The van der Waals surface area contributed by atoms with Gasteiger partial charge in [0.15, 0.2) is 10.6 Å².